The second-order valence-corrected chi connectivity index (χ2v) is 6.69. The summed E-state index contributed by atoms with van der Waals surface area (Å²) in [5.41, 5.74) is 1.88. The second kappa shape index (κ2) is 5.86. The minimum atomic E-state index is -0.212. The summed E-state index contributed by atoms with van der Waals surface area (Å²) in [5, 5.41) is 1.87. The van der Waals surface area contributed by atoms with Crippen LogP contribution in [-0.2, 0) is 6.54 Å². The number of nitrogens with zero attached hydrogens (tertiary/aromatic N) is 3. The van der Waals surface area contributed by atoms with E-state index in [9.17, 15) is 9.18 Å². The first-order valence-electron chi connectivity index (χ1n) is 7.66. The molecule has 1 fully saturated rings. The van der Waals surface area contributed by atoms with Crippen LogP contribution in [0.25, 0.3) is 4.96 Å². The average Bonchev–Trinajstić information content (AvgIpc) is 3.17. The predicted molar refractivity (Wildman–Crippen MR) is 88.1 cm³/mol. The van der Waals surface area contributed by atoms with Crippen molar-refractivity contribution in [2.75, 3.05) is 6.54 Å². The molecule has 1 aliphatic heterocycles. The third kappa shape index (κ3) is 2.80. The zero-order valence-corrected chi connectivity index (χ0v) is 13.3. The average molecular weight is 329 g/mol. The Kier molecular flexibility index (Phi) is 3.71. The van der Waals surface area contributed by atoms with Crippen LogP contribution in [0.2, 0.25) is 0 Å². The summed E-state index contributed by atoms with van der Waals surface area (Å²) in [5.74, 6) is -0.212. The van der Waals surface area contributed by atoms with E-state index in [0.717, 1.165) is 35.6 Å². The number of rotatable bonds is 3. The van der Waals surface area contributed by atoms with Gasteiger partial charge >= 0.3 is 0 Å². The lowest BCUT2D eigenvalue weighted by atomic mass is 10.0. The molecule has 0 aliphatic carbocycles. The van der Waals surface area contributed by atoms with Crippen LogP contribution in [0.4, 0.5) is 4.39 Å². The largest absolute Gasteiger partial charge is 0.291 e. The fourth-order valence-electron chi connectivity index (χ4n) is 3.25. The third-order valence-corrected chi connectivity index (χ3v) is 5.10. The predicted octanol–water partition coefficient (Wildman–Crippen LogP) is 3.23. The van der Waals surface area contributed by atoms with Crippen molar-refractivity contribution in [3.05, 3.63) is 69.3 Å². The van der Waals surface area contributed by atoms with Crippen LogP contribution in [-0.4, -0.2) is 20.8 Å². The Labute approximate surface area is 136 Å². The fraction of sp³-hybridized carbons (Fsp3) is 0.294. The SMILES string of the molecule is O=c1cc(CN2CCC[C@H]2c2ccc(F)cc2)nc2sccn12. The van der Waals surface area contributed by atoms with Crippen LogP contribution in [0.3, 0.4) is 0 Å². The molecule has 4 rings (SSSR count). The highest BCUT2D eigenvalue weighted by atomic mass is 32.1. The number of hydrogen-bond donors (Lipinski definition) is 0. The van der Waals surface area contributed by atoms with Gasteiger partial charge in [-0.2, -0.15) is 0 Å². The highest BCUT2D eigenvalue weighted by Gasteiger charge is 2.26. The van der Waals surface area contributed by atoms with Gasteiger partial charge in [0, 0.05) is 30.2 Å². The summed E-state index contributed by atoms with van der Waals surface area (Å²) < 4.78 is 14.7. The molecule has 1 aromatic carbocycles. The molecule has 0 bridgehead atoms. The van der Waals surface area contributed by atoms with Crippen LogP contribution in [0, 0.1) is 5.82 Å². The summed E-state index contributed by atoms with van der Waals surface area (Å²) >= 11 is 1.46. The molecule has 118 valence electrons. The molecule has 1 atom stereocenters. The van der Waals surface area contributed by atoms with E-state index >= 15 is 0 Å². The minimum Gasteiger partial charge on any atom is -0.291 e. The molecule has 0 N–H and O–H groups in total. The molecular weight excluding hydrogens is 313 g/mol. The van der Waals surface area contributed by atoms with E-state index in [1.54, 1.807) is 16.7 Å². The maximum Gasteiger partial charge on any atom is 0.258 e. The van der Waals surface area contributed by atoms with Crippen LogP contribution in [0.1, 0.15) is 30.1 Å². The normalized spacial score (nSPS) is 18.7. The summed E-state index contributed by atoms with van der Waals surface area (Å²) in [4.78, 5) is 19.7. The highest BCUT2D eigenvalue weighted by molar-refractivity contribution is 7.15. The van der Waals surface area contributed by atoms with Gasteiger partial charge in [0.1, 0.15) is 5.82 Å². The molecule has 23 heavy (non-hydrogen) atoms. The van der Waals surface area contributed by atoms with Gasteiger partial charge < -0.3 is 0 Å². The first kappa shape index (κ1) is 14.5. The lowest BCUT2D eigenvalue weighted by Gasteiger charge is -2.24. The second-order valence-electron chi connectivity index (χ2n) is 5.82. The van der Waals surface area contributed by atoms with Crippen molar-refractivity contribution < 1.29 is 4.39 Å². The van der Waals surface area contributed by atoms with Gasteiger partial charge in [0.25, 0.3) is 5.56 Å². The van der Waals surface area contributed by atoms with E-state index in [0.29, 0.717) is 6.54 Å². The molecule has 6 heteroatoms. The maximum atomic E-state index is 13.1. The van der Waals surface area contributed by atoms with Crippen molar-refractivity contribution in [3.8, 4) is 0 Å². The molecule has 0 radical (unpaired) electrons. The van der Waals surface area contributed by atoms with Crippen LogP contribution < -0.4 is 5.56 Å². The van der Waals surface area contributed by atoms with Crippen LogP contribution >= 0.6 is 11.3 Å². The van der Waals surface area contributed by atoms with E-state index < -0.39 is 0 Å². The molecule has 0 amide bonds. The lowest BCUT2D eigenvalue weighted by molar-refractivity contribution is 0.245. The number of hydrogen-bond acceptors (Lipinski definition) is 4. The van der Waals surface area contributed by atoms with Gasteiger partial charge in [0.15, 0.2) is 4.96 Å². The highest BCUT2D eigenvalue weighted by Crippen LogP contribution is 2.32. The minimum absolute atomic E-state index is 0.0382. The van der Waals surface area contributed by atoms with E-state index in [-0.39, 0.29) is 17.4 Å². The maximum absolute atomic E-state index is 13.1. The Hall–Kier alpha value is -2.05. The smallest absolute Gasteiger partial charge is 0.258 e. The van der Waals surface area contributed by atoms with Gasteiger partial charge in [-0.3, -0.25) is 14.1 Å². The Bertz CT molecular complexity index is 887. The van der Waals surface area contributed by atoms with Crippen molar-refractivity contribution in [1.82, 2.24) is 14.3 Å². The number of fused-ring (bicyclic) bond motifs is 1. The molecule has 1 saturated heterocycles. The molecule has 1 aliphatic rings. The number of halogens is 1. The number of aromatic nitrogens is 2. The molecule has 3 heterocycles. The van der Waals surface area contributed by atoms with Crippen molar-refractivity contribution in [3.63, 3.8) is 0 Å². The van der Waals surface area contributed by atoms with Gasteiger partial charge in [-0.15, -0.1) is 11.3 Å². The summed E-state index contributed by atoms with van der Waals surface area (Å²) in [6, 6.07) is 8.59. The van der Waals surface area contributed by atoms with Gasteiger partial charge in [-0.25, -0.2) is 9.37 Å². The Morgan fingerprint density at radius 2 is 2.13 bits per heavy atom. The van der Waals surface area contributed by atoms with Gasteiger partial charge in [-0.05, 0) is 37.1 Å². The molecule has 2 aromatic heterocycles. The van der Waals surface area contributed by atoms with Gasteiger partial charge in [0.05, 0.1) is 5.69 Å². The first-order valence-corrected chi connectivity index (χ1v) is 8.54. The quantitative estimate of drug-likeness (QED) is 0.740. The molecule has 0 spiro atoms. The summed E-state index contributed by atoms with van der Waals surface area (Å²) in [6.45, 7) is 1.61. The summed E-state index contributed by atoms with van der Waals surface area (Å²) in [7, 11) is 0. The molecule has 3 aromatic rings. The zero-order chi connectivity index (χ0) is 15.8. The number of benzene rings is 1. The van der Waals surface area contributed by atoms with Crippen molar-refractivity contribution in [1.29, 1.82) is 0 Å². The molecule has 4 nitrogen and oxygen atoms in total. The molecule has 0 saturated carbocycles. The fourth-order valence-corrected chi connectivity index (χ4v) is 3.99. The Morgan fingerprint density at radius 3 is 2.96 bits per heavy atom. The third-order valence-electron chi connectivity index (χ3n) is 4.34. The number of thiazole rings is 1. The van der Waals surface area contributed by atoms with E-state index in [1.165, 1.54) is 23.5 Å². The molecular formula is C17H16FN3OS. The van der Waals surface area contributed by atoms with Crippen LogP contribution in [0.15, 0.2) is 46.7 Å². The van der Waals surface area contributed by atoms with Crippen molar-refractivity contribution in [2.24, 2.45) is 0 Å². The zero-order valence-electron chi connectivity index (χ0n) is 12.5. The monoisotopic (exact) mass is 329 g/mol. The standard InChI is InChI=1S/C17H16FN3OS/c18-13-5-3-12(4-6-13)15-2-1-7-20(15)11-14-10-16(22)21-8-9-23-17(21)19-14/h3-6,8-10,15H,1-2,7,11H2/t15-/m0/s1. The lowest BCUT2D eigenvalue weighted by Crippen LogP contribution is -2.25. The van der Waals surface area contributed by atoms with E-state index in [2.05, 4.69) is 9.88 Å². The van der Waals surface area contributed by atoms with Gasteiger partial charge in [-0.1, -0.05) is 12.1 Å². The topological polar surface area (TPSA) is 37.6 Å². The van der Waals surface area contributed by atoms with Crippen LogP contribution in [0.5, 0.6) is 0 Å². The summed E-state index contributed by atoms with van der Waals surface area (Å²) in [6.07, 6.45) is 3.89. The van der Waals surface area contributed by atoms with Crippen molar-refractivity contribution >= 4 is 16.3 Å². The Morgan fingerprint density at radius 1 is 1.30 bits per heavy atom. The molecule has 0 unspecified atom stereocenters. The van der Waals surface area contributed by atoms with Crippen molar-refractivity contribution in [2.45, 2.75) is 25.4 Å². The van der Waals surface area contributed by atoms with E-state index in [1.807, 2.05) is 17.5 Å². The Balaban J connectivity index is 1.61. The van der Waals surface area contributed by atoms with Gasteiger partial charge in [0.2, 0.25) is 0 Å². The van der Waals surface area contributed by atoms with E-state index in [4.69, 9.17) is 0 Å². The first-order chi connectivity index (χ1) is 11.2. The number of likely N-dealkylation sites (tertiary alicyclic amines) is 1.